The van der Waals surface area contributed by atoms with Crippen LogP contribution in [0.25, 0.3) is 0 Å². The molecular formula is C22H27N3O3. The molecule has 2 saturated carbocycles. The smallest absolute Gasteiger partial charge is 0.223 e. The Labute approximate surface area is 165 Å². The minimum Gasteiger partial charge on any atom is -0.483 e. The van der Waals surface area contributed by atoms with Crippen molar-refractivity contribution in [2.24, 2.45) is 11.8 Å². The molecule has 0 aliphatic heterocycles. The van der Waals surface area contributed by atoms with Gasteiger partial charge in [-0.2, -0.15) is 0 Å². The van der Waals surface area contributed by atoms with Crippen molar-refractivity contribution in [3.05, 3.63) is 64.1 Å². The van der Waals surface area contributed by atoms with Crippen LogP contribution in [0.3, 0.4) is 0 Å². The van der Waals surface area contributed by atoms with Gasteiger partial charge in [0.25, 0.3) is 0 Å². The third kappa shape index (κ3) is 2.87. The van der Waals surface area contributed by atoms with E-state index in [2.05, 4.69) is 5.01 Å². The lowest BCUT2D eigenvalue weighted by Crippen LogP contribution is -2.62. The molecule has 1 aromatic heterocycles. The Bertz CT molecular complexity index is 926. The Morgan fingerprint density at radius 2 is 2.00 bits per heavy atom. The van der Waals surface area contributed by atoms with Gasteiger partial charge in [-0.15, -0.1) is 0 Å². The Morgan fingerprint density at radius 3 is 2.61 bits per heavy atom. The topological polar surface area (TPSA) is 54.8 Å². The Balaban J connectivity index is 1.66. The lowest BCUT2D eigenvalue weighted by Gasteiger charge is -2.47. The fourth-order valence-electron chi connectivity index (χ4n) is 4.90. The van der Waals surface area contributed by atoms with Crippen molar-refractivity contribution >= 4 is 6.41 Å². The molecule has 3 unspecified atom stereocenters. The van der Waals surface area contributed by atoms with Crippen molar-refractivity contribution in [2.45, 2.75) is 38.5 Å². The number of hydrogen-bond donors (Lipinski definition) is 0. The number of amides is 1. The van der Waals surface area contributed by atoms with Crippen LogP contribution in [0, 0.1) is 18.8 Å². The molecule has 2 aliphatic rings. The van der Waals surface area contributed by atoms with Gasteiger partial charge in [0.2, 0.25) is 11.8 Å². The van der Waals surface area contributed by atoms with Gasteiger partial charge in [-0.3, -0.25) is 19.3 Å². The Morgan fingerprint density at radius 1 is 1.25 bits per heavy atom. The van der Waals surface area contributed by atoms with E-state index in [-0.39, 0.29) is 11.1 Å². The second-order valence-electron chi connectivity index (χ2n) is 7.97. The van der Waals surface area contributed by atoms with Gasteiger partial charge in [0, 0.05) is 32.3 Å². The fourth-order valence-corrected chi connectivity index (χ4v) is 4.90. The first kappa shape index (κ1) is 18.6. The summed E-state index contributed by atoms with van der Waals surface area (Å²) in [5, 5.41) is 2.11. The molecule has 148 valence electrons. The van der Waals surface area contributed by atoms with Crippen molar-refractivity contribution in [2.75, 3.05) is 19.1 Å². The summed E-state index contributed by atoms with van der Waals surface area (Å²) >= 11 is 0. The number of hydrogen-bond acceptors (Lipinski definition) is 4. The van der Waals surface area contributed by atoms with E-state index in [1.54, 1.807) is 11.1 Å². The van der Waals surface area contributed by atoms with Crippen LogP contribution in [0.1, 0.15) is 30.5 Å². The number of nitrogens with zero attached hydrogens (tertiary/aromatic N) is 3. The maximum absolute atomic E-state index is 12.5. The number of carbonyl (C=O) groups excluding carboxylic acids is 1. The predicted octanol–water partition coefficient (Wildman–Crippen LogP) is 2.52. The van der Waals surface area contributed by atoms with Crippen LogP contribution in [0.5, 0.6) is 5.75 Å². The summed E-state index contributed by atoms with van der Waals surface area (Å²) in [6, 6.07) is 11.3. The highest BCUT2D eigenvalue weighted by Crippen LogP contribution is 2.59. The van der Waals surface area contributed by atoms with Crippen LogP contribution < -0.4 is 15.2 Å². The minimum atomic E-state index is -0.358. The molecule has 1 heterocycles. The molecule has 0 N–H and O–H groups in total. The van der Waals surface area contributed by atoms with E-state index in [9.17, 15) is 9.59 Å². The highest BCUT2D eigenvalue weighted by atomic mass is 16.5. The first-order valence-corrected chi connectivity index (χ1v) is 9.80. The molecule has 6 heteroatoms. The van der Waals surface area contributed by atoms with Crippen molar-refractivity contribution in [1.82, 2.24) is 9.58 Å². The largest absolute Gasteiger partial charge is 0.483 e. The van der Waals surface area contributed by atoms with Crippen molar-refractivity contribution in [1.29, 1.82) is 0 Å². The molecule has 1 amide bonds. The number of fused-ring (bicyclic) bond motifs is 1. The van der Waals surface area contributed by atoms with Gasteiger partial charge in [-0.05, 0) is 37.7 Å². The summed E-state index contributed by atoms with van der Waals surface area (Å²) in [5.74, 6) is 1.52. The van der Waals surface area contributed by atoms with Crippen molar-refractivity contribution < 1.29 is 9.53 Å². The van der Waals surface area contributed by atoms with Crippen LogP contribution in [-0.2, 0) is 11.4 Å². The first-order chi connectivity index (χ1) is 13.5. The average Bonchev–Trinajstić information content (AvgIpc) is 3.40. The number of aromatic nitrogens is 1. The van der Waals surface area contributed by atoms with E-state index in [1.807, 2.05) is 56.0 Å². The third-order valence-electron chi connectivity index (χ3n) is 6.54. The molecule has 1 aromatic carbocycles. The molecule has 0 radical (unpaired) electrons. The minimum absolute atomic E-state index is 0.133. The summed E-state index contributed by atoms with van der Waals surface area (Å²) in [6.45, 7) is 2.24. The van der Waals surface area contributed by atoms with Crippen LogP contribution in [0.2, 0.25) is 0 Å². The molecule has 28 heavy (non-hydrogen) atoms. The molecule has 0 spiro atoms. The van der Waals surface area contributed by atoms with E-state index >= 15 is 0 Å². The van der Waals surface area contributed by atoms with Gasteiger partial charge in [0.05, 0.1) is 5.69 Å². The lowest BCUT2D eigenvalue weighted by molar-refractivity contribution is -0.123. The molecule has 0 bridgehead atoms. The zero-order chi connectivity index (χ0) is 19.9. The standard InChI is InChI=1S/C22H27N3O3/c1-16-21(28-14-17-7-5-4-6-8-17)20(27)10-12-25(16)24(3)22(23(2)15-26)11-9-18-13-19(18)22/h4-8,10,12,15,18-19H,9,11,13-14H2,1-3H3. The molecule has 6 nitrogen and oxygen atoms in total. The highest BCUT2D eigenvalue weighted by Gasteiger charge is 2.62. The highest BCUT2D eigenvalue weighted by molar-refractivity contribution is 5.50. The maximum Gasteiger partial charge on any atom is 0.223 e. The van der Waals surface area contributed by atoms with Gasteiger partial charge in [-0.25, -0.2) is 0 Å². The zero-order valence-corrected chi connectivity index (χ0v) is 16.7. The van der Waals surface area contributed by atoms with Gasteiger partial charge in [0.1, 0.15) is 12.3 Å². The van der Waals surface area contributed by atoms with Gasteiger partial charge in [-0.1, -0.05) is 30.3 Å². The molecule has 4 rings (SSSR count). The molecule has 2 aromatic rings. The number of benzene rings is 1. The van der Waals surface area contributed by atoms with Crippen LogP contribution in [0.4, 0.5) is 0 Å². The lowest BCUT2D eigenvalue weighted by atomic mass is 10.0. The van der Waals surface area contributed by atoms with E-state index < -0.39 is 0 Å². The summed E-state index contributed by atoms with van der Waals surface area (Å²) in [7, 11) is 3.86. The van der Waals surface area contributed by atoms with Crippen LogP contribution in [-0.4, -0.2) is 35.7 Å². The summed E-state index contributed by atoms with van der Waals surface area (Å²) in [4.78, 5) is 26.0. The van der Waals surface area contributed by atoms with Crippen LogP contribution >= 0.6 is 0 Å². The quantitative estimate of drug-likeness (QED) is 0.546. The van der Waals surface area contributed by atoms with Gasteiger partial charge < -0.3 is 9.64 Å². The third-order valence-corrected chi connectivity index (χ3v) is 6.54. The normalized spacial score (nSPS) is 25.1. The second-order valence-corrected chi connectivity index (χ2v) is 7.97. The zero-order valence-electron chi connectivity index (χ0n) is 16.7. The average molecular weight is 381 g/mol. The monoisotopic (exact) mass is 381 g/mol. The van der Waals surface area contributed by atoms with E-state index in [0.29, 0.717) is 24.2 Å². The van der Waals surface area contributed by atoms with E-state index in [0.717, 1.165) is 36.9 Å². The molecular weight excluding hydrogens is 354 g/mol. The van der Waals surface area contributed by atoms with Crippen LogP contribution in [0.15, 0.2) is 47.4 Å². The van der Waals surface area contributed by atoms with Crippen molar-refractivity contribution in [3.63, 3.8) is 0 Å². The predicted molar refractivity (Wildman–Crippen MR) is 108 cm³/mol. The molecule has 2 aliphatic carbocycles. The number of pyridine rings is 1. The second kappa shape index (κ2) is 7.00. The molecule has 3 atom stereocenters. The maximum atomic E-state index is 12.5. The van der Waals surface area contributed by atoms with E-state index in [4.69, 9.17) is 4.74 Å². The SMILES string of the molecule is Cc1c(OCc2ccccc2)c(=O)ccn1N(C)C1(N(C)C=O)CCC2CC21. The Kier molecular flexibility index (Phi) is 4.65. The van der Waals surface area contributed by atoms with Crippen molar-refractivity contribution in [3.8, 4) is 5.75 Å². The first-order valence-electron chi connectivity index (χ1n) is 9.80. The van der Waals surface area contributed by atoms with E-state index in [1.165, 1.54) is 6.07 Å². The summed E-state index contributed by atoms with van der Waals surface area (Å²) < 4.78 is 7.88. The fraction of sp³-hybridized carbons (Fsp3) is 0.455. The number of rotatable bonds is 7. The van der Waals surface area contributed by atoms with Gasteiger partial charge >= 0.3 is 0 Å². The number of ether oxygens (including phenoxy) is 1. The Hall–Kier alpha value is -2.76. The van der Waals surface area contributed by atoms with Gasteiger partial charge in [0.15, 0.2) is 5.75 Å². The summed E-state index contributed by atoms with van der Waals surface area (Å²) in [5.41, 5.74) is 1.27. The summed E-state index contributed by atoms with van der Waals surface area (Å²) in [6.07, 6.45) is 5.91. The molecule has 0 saturated heterocycles. The molecule has 2 fully saturated rings. The number of carbonyl (C=O) groups is 1.